The summed E-state index contributed by atoms with van der Waals surface area (Å²) >= 11 is 0. The Balaban J connectivity index is 2.04. The first-order valence-corrected chi connectivity index (χ1v) is 7.47. The molecule has 1 fully saturated rings. The fraction of sp³-hybridized carbons (Fsp3) is 0.562. The standard InChI is InChI=1S/C16H22F2N2O/c1-3-20(10-12-4-5-13(17)14(18)9-12)16(21)15-8-11(2)6-7-19-15/h4-5,9,11,15,19H,3,6-8,10H2,1-2H3. The van der Waals surface area contributed by atoms with Crippen LogP contribution in [0.15, 0.2) is 18.2 Å². The number of amides is 1. The lowest BCUT2D eigenvalue weighted by Crippen LogP contribution is -2.49. The van der Waals surface area contributed by atoms with Crippen molar-refractivity contribution in [3.8, 4) is 0 Å². The summed E-state index contributed by atoms with van der Waals surface area (Å²) in [6, 6.07) is 3.61. The Kier molecular flexibility index (Phi) is 5.28. The van der Waals surface area contributed by atoms with Gasteiger partial charge in [-0.05, 0) is 49.9 Å². The summed E-state index contributed by atoms with van der Waals surface area (Å²) in [6.45, 7) is 5.74. The average Bonchev–Trinajstić information content (AvgIpc) is 2.47. The van der Waals surface area contributed by atoms with Crippen LogP contribution in [0.4, 0.5) is 8.78 Å². The zero-order valence-corrected chi connectivity index (χ0v) is 12.5. The van der Waals surface area contributed by atoms with E-state index in [0.29, 0.717) is 24.6 Å². The zero-order chi connectivity index (χ0) is 15.4. The Labute approximate surface area is 124 Å². The first-order chi connectivity index (χ1) is 10.0. The van der Waals surface area contributed by atoms with Gasteiger partial charge in [0.1, 0.15) is 0 Å². The predicted molar refractivity (Wildman–Crippen MR) is 77.6 cm³/mol. The van der Waals surface area contributed by atoms with E-state index in [4.69, 9.17) is 0 Å². The molecular weight excluding hydrogens is 274 g/mol. The normalized spacial score (nSPS) is 22.1. The third-order valence-electron chi connectivity index (χ3n) is 4.01. The molecule has 2 atom stereocenters. The number of rotatable bonds is 4. The van der Waals surface area contributed by atoms with E-state index in [1.807, 2.05) is 6.92 Å². The van der Waals surface area contributed by atoms with Gasteiger partial charge in [0.2, 0.25) is 5.91 Å². The smallest absolute Gasteiger partial charge is 0.240 e. The second-order valence-electron chi connectivity index (χ2n) is 5.74. The van der Waals surface area contributed by atoms with Crippen LogP contribution >= 0.6 is 0 Å². The number of piperidine rings is 1. The Bertz CT molecular complexity index is 507. The first-order valence-electron chi connectivity index (χ1n) is 7.47. The van der Waals surface area contributed by atoms with Gasteiger partial charge in [-0.25, -0.2) is 8.78 Å². The van der Waals surface area contributed by atoms with E-state index in [1.54, 1.807) is 4.90 Å². The predicted octanol–water partition coefficient (Wildman–Crippen LogP) is 2.70. The molecule has 0 aliphatic carbocycles. The van der Waals surface area contributed by atoms with E-state index in [2.05, 4.69) is 12.2 Å². The van der Waals surface area contributed by atoms with E-state index in [-0.39, 0.29) is 11.9 Å². The lowest BCUT2D eigenvalue weighted by Gasteiger charge is -2.32. The molecule has 1 aliphatic heterocycles. The van der Waals surface area contributed by atoms with Gasteiger partial charge < -0.3 is 10.2 Å². The Morgan fingerprint density at radius 1 is 1.38 bits per heavy atom. The molecule has 5 heteroatoms. The summed E-state index contributed by atoms with van der Waals surface area (Å²) in [5.74, 6) is -1.17. The van der Waals surface area contributed by atoms with Crippen LogP contribution in [0.3, 0.4) is 0 Å². The van der Waals surface area contributed by atoms with Gasteiger partial charge in [0, 0.05) is 13.1 Å². The highest BCUT2D eigenvalue weighted by Crippen LogP contribution is 2.18. The molecule has 0 spiro atoms. The third-order valence-corrected chi connectivity index (χ3v) is 4.01. The molecular formula is C16H22F2N2O. The molecule has 0 bridgehead atoms. The van der Waals surface area contributed by atoms with Crippen LogP contribution in [-0.2, 0) is 11.3 Å². The van der Waals surface area contributed by atoms with Crippen LogP contribution in [-0.4, -0.2) is 29.9 Å². The molecule has 21 heavy (non-hydrogen) atoms. The summed E-state index contributed by atoms with van der Waals surface area (Å²) in [7, 11) is 0. The van der Waals surface area contributed by atoms with Crippen LogP contribution < -0.4 is 5.32 Å². The minimum Gasteiger partial charge on any atom is -0.337 e. The lowest BCUT2D eigenvalue weighted by atomic mass is 9.93. The monoisotopic (exact) mass is 296 g/mol. The van der Waals surface area contributed by atoms with Crippen LogP contribution in [0, 0.1) is 17.6 Å². The van der Waals surface area contributed by atoms with E-state index >= 15 is 0 Å². The number of hydrogen-bond acceptors (Lipinski definition) is 2. The highest BCUT2D eigenvalue weighted by atomic mass is 19.2. The summed E-state index contributed by atoms with van der Waals surface area (Å²) in [6.07, 6.45) is 1.91. The van der Waals surface area contributed by atoms with Crippen LogP contribution in [0.2, 0.25) is 0 Å². The topological polar surface area (TPSA) is 32.3 Å². The van der Waals surface area contributed by atoms with Crippen molar-refractivity contribution in [3.63, 3.8) is 0 Å². The molecule has 3 nitrogen and oxygen atoms in total. The van der Waals surface area contributed by atoms with Crippen molar-refractivity contribution >= 4 is 5.91 Å². The highest BCUT2D eigenvalue weighted by molar-refractivity contribution is 5.82. The van der Waals surface area contributed by atoms with Gasteiger partial charge >= 0.3 is 0 Å². The number of benzene rings is 1. The maximum Gasteiger partial charge on any atom is 0.240 e. The maximum atomic E-state index is 13.2. The number of nitrogens with one attached hydrogen (secondary N) is 1. The molecule has 1 N–H and O–H groups in total. The van der Waals surface area contributed by atoms with Crippen molar-refractivity contribution < 1.29 is 13.6 Å². The van der Waals surface area contributed by atoms with Crippen LogP contribution in [0.1, 0.15) is 32.3 Å². The van der Waals surface area contributed by atoms with E-state index in [1.165, 1.54) is 6.07 Å². The molecule has 1 aliphatic rings. The van der Waals surface area contributed by atoms with E-state index < -0.39 is 11.6 Å². The molecule has 2 rings (SSSR count). The van der Waals surface area contributed by atoms with Gasteiger partial charge in [-0.3, -0.25) is 4.79 Å². The molecule has 1 heterocycles. The molecule has 0 radical (unpaired) electrons. The van der Waals surface area contributed by atoms with E-state index in [0.717, 1.165) is 31.5 Å². The molecule has 0 aromatic heterocycles. The molecule has 116 valence electrons. The van der Waals surface area contributed by atoms with Crippen molar-refractivity contribution in [3.05, 3.63) is 35.4 Å². The molecule has 1 saturated heterocycles. The number of halogens is 2. The molecule has 1 aromatic rings. The SMILES string of the molecule is CCN(Cc1ccc(F)c(F)c1)C(=O)C1CC(C)CCN1. The number of nitrogens with zero attached hydrogens (tertiary/aromatic N) is 1. The van der Waals surface area contributed by atoms with Crippen molar-refractivity contribution in [2.24, 2.45) is 5.92 Å². The van der Waals surface area contributed by atoms with E-state index in [9.17, 15) is 13.6 Å². The minimum absolute atomic E-state index is 0.0359. The van der Waals surface area contributed by atoms with Crippen molar-refractivity contribution in [1.29, 1.82) is 0 Å². The van der Waals surface area contributed by atoms with Gasteiger partial charge in [-0.1, -0.05) is 13.0 Å². The summed E-state index contributed by atoms with van der Waals surface area (Å²) < 4.78 is 26.2. The molecule has 2 unspecified atom stereocenters. The molecule has 0 saturated carbocycles. The largest absolute Gasteiger partial charge is 0.337 e. The van der Waals surface area contributed by atoms with Gasteiger partial charge in [0.05, 0.1) is 6.04 Å². The highest BCUT2D eigenvalue weighted by Gasteiger charge is 2.27. The van der Waals surface area contributed by atoms with Crippen molar-refractivity contribution in [1.82, 2.24) is 10.2 Å². The minimum atomic E-state index is -0.875. The fourth-order valence-electron chi connectivity index (χ4n) is 2.72. The van der Waals surface area contributed by atoms with Crippen LogP contribution in [0.5, 0.6) is 0 Å². The number of carbonyl (C=O) groups is 1. The zero-order valence-electron chi connectivity index (χ0n) is 12.5. The van der Waals surface area contributed by atoms with Crippen LogP contribution in [0.25, 0.3) is 0 Å². The van der Waals surface area contributed by atoms with Crippen molar-refractivity contribution in [2.45, 2.75) is 39.3 Å². The second-order valence-corrected chi connectivity index (χ2v) is 5.74. The third kappa shape index (κ3) is 4.00. The molecule has 1 aromatic carbocycles. The summed E-state index contributed by atoms with van der Waals surface area (Å²) in [4.78, 5) is 14.2. The van der Waals surface area contributed by atoms with Crippen molar-refractivity contribution in [2.75, 3.05) is 13.1 Å². The fourth-order valence-corrected chi connectivity index (χ4v) is 2.72. The van der Waals surface area contributed by atoms with Gasteiger partial charge in [-0.2, -0.15) is 0 Å². The summed E-state index contributed by atoms with van der Waals surface area (Å²) in [5.41, 5.74) is 0.605. The molecule has 1 amide bonds. The average molecular weight is 296 g/mol. The van der Waals surface area contributed by atoms with Gasteiger partial charge in [0.15, 0.2) is 11.6 Å². The number of likely N-dealkylation sites (N-methyl/N-ethyl adjacent to an activating group) is 1. The first kappa shape index (κ1) is 15.9. The quantitative estimate of drug-likeness (QED) is 0.926. The lowest BCUT2D eigenvalue weighted by molar-refractivity contribution is -0.134. The number of carbonyl (C=O) groups excluding carboxylic acids is 1. The summed E-state index contributed by atoms with van der Waals surface area (Å²) in [5, 5.41) is 3.25. The van der Waals surface area contributed by atoms with Gasteiger partial charge in [0.25, 0.3) is 0 Å². The number of hydrogen-bond donors (Lipinski definition) is 1. The Morgan fingerprint density at radius 2 is 2.14 bits per heavy atom. The second kappa shape index (κ2) is 6.98. The maximum absolute atomic E-state index is 13.2. The Morgan fingerprint density at radius 3 is 2.76 bits per heavy atom. The Hall–Kier alpha value is -1.49. The van der Waals surface area contributed by atoms with Gasteiger partial charge in [-0.15, -0.1) is 0 Å².